The number of amides is 1. The first kappa shape index (κ1) is 20.7. The van der Waals surface area contributed by atoms with Crippen LogP contribution < -0.4 is 11.1 Å². The summed E-state index contributed by atoms with van der Waals surface area (Å²) >= 11 is 0. The molecule has 0 fully saturated rings. The average Bonchev–Trinajstić information content (AvgIpc) is 2.63. The Labute approximate surface area is 152 Å². The maximum absolute atomic E-state index is 11.8. The lowest BCUT2D eigenvalue weighted by Gasteiger charge is -2.10. The van der Waals surface area contributed by atoms with Crippen LogP contribution in [0.2, 0.25) is 0 Å². The third-order valence-corrected chi connectivity index (χ3v) is 4.13. The third kappa shape index (κ3) is 7.41. The van der Waals surface area contributed by atoms with Gasteiger partial charge in [-0.15, -0.1) is 12.3 Å². The standard InChI is InChI=1S/C22H30N2O/c1-5-8-10-18(9-6-2)12-11-17(4)19-13-15-20(16-14-19)24-22(25)21(23)7-3/h2,11-16,21H,5,7-10,23H2,1,3-4H3,(H,24,25)/b17-11+,18-12+. The van der Waals surface area contributed by atoms with E-state index in [2.05, 4.69) is 37.2 Å². The Morgan fingerprint density at radius 2 is 1.96 bits per heavy atom. The van der Waals surface area contributed by atoms with E-state index in [1.807, 2.05) is 31.2 Å². The molecule has 1 aromatic carbocycles. The SMILES string of the molecule is C#CC/C(=C\C=C(/C)c1ccc(NC(=O)C(N)CC)cc1)CCCC. The predicted octanol–water partition coefficient (Wildman–Crippen LogP) is 4.91. The highest BCUT2D eigenvalue weighted by Gasteiger charge is 2.10. The maximum Gasteiger partial charge on any atom is 0.241 e. The third-order valence-electron chi connectivity index (χ3n) is 4.13. The second-order valence-corrected chi connectivity index (χ2v) is 6.24. The Bertz CT molecular complexity index is 648. The molecule has 3 heteroatoms. The second-order valence-electron chi connectivity index (χ2n) is 6.24. The molecule has 25 heavy (non-hydrogen) atoms. The van der Waals surface area contributed by atoms with Crippen LogP contribution in [0.3, 0.4) is 0 Å². The molecular weight excluding hydrogens is 308 g/mol. The summed E-state index contributed by atoms with van der Waals surface area (Å²) in [5.74, 6) is 2.58. The van der Waals surface area contributed by atoms with E-state index in [0.717, 1.165) is 29.7 Å². The minimum Gasteiger partial charge on any atom is -0.325 e. The molecule has 1 rings (SSSR count). The van der Waals surface area contributed by atoms with Crippen molar-refractivity contribution in [3.63, 3.8) is 0 Å². The molecule has 0 bridgehead atoms. The van der Waals surface area contributed by atoms with Gasteiger partial charge in [-0.2, -0.15) is 0 Å². The van der Waals surface area contributed by atoms with Crippen molar-refractivity contribution in [2.75, 3.05) is 5.32 Å². The number of nitrogens with two attached hydrogens (primary N) is 1. The van der Waals surface area contributed by atoms with Gasteiger partial charge in [0.05, 0.1) is 6.04 Å². The Morgan fingerprint density at radius 3 is 2.52 bits per heavy atom. The van der Waals surface area contributed by atoms with Crippen molar-refractivity contribution < 1.29 is 4.79 Å². The summed E-state index contributed by atoms with van der Waals surface area (Å²) in [4.78, 5) is 11.8. The van der Waals surface area contributed by atoms with E-state index in [0.29, 0.717) is 12.8 Å². The van der Waals surface area contributed by atoms with Crippen LogP contribution in [0.25, 0.3) is 5.57 Å². The Kier molecular flexibility index (Phi) is 9.36. The van der Waals surface area contributed by atoms with E-state index in [-0.39, 0.29) is 5.91 Å². The average molecular weight is 338 g/mol. The molecular formula is C22H30N2O. The molecule has 0 saturated heterocycles. The van der Waals surface area contributed by atoms with Crippen molar-refractivity contribution in [1.82, 2.24) is 0 Å². The lowest BCUT2D eigenvalue weighted by Crippen LogP contribution is -2.34. The molecule has 1 aromatic rings. The summed E-state index contributed by atoms with van der Waals surface area (Å²) in [5.41, 5.74) is 10.1. The number of hydrogen-bond acceptors (Lipinski definition) is 2. The molecule has 0 aliphatic rings. The number of benzene rings is 1. The maximum atomic E-state index is 11.8. The van der Waals surface area contributed by atoms with Gasteiger partial charge in [-0.1, -0.05) is 50.1 Å². The molecule has 0 aliphatic heterocycles. The molecule has 3 N–H and O–H groups in total. The first-order valence-corrected chi connectivity index (χ1v) is 8.98. The van der Waals surface area contributed by atoms with Gasteiger partial charge in [-0.05, 0) is 49.5 Å². The lowest BCUT2D eigenvalue weighted by molar-refractivity contribution is -0.117. The monoisotopic (exact) mass is 338 g/mol. The molecule has 0 radical (unpaired) electrons. The quantitative estimate of drug-likeness (QED) is 0.497. The van der Waals surface area contributed by atoms with Gasteiger partial charge in [-0.25, -0.2) is 0 Å². The molecule has 1 unspecified atom stereocenters. The summed E-state index contributed by atoms with van der Waals surface area (Å²) in [6.07, 6.45) is 14.4. The van der Waals surface area contributed by atoms with Crippen LogP contribution in [-0.2, 0) is 4.79 Å². The number of allylic oxidation sites excluding steroid dienone is 4. The molecule has 0 aliphatic carbocycles. The zero-order chi connectivity index (χ0) is 18.7. The number of unbranched alkanes of at least 4 members (excludes halogenated alkanes) is 1. The van der Waals surface area contributed by atoms with Crippen molar-refractivity contribution in [3.05, 3.63) is 47.6 Å². The van der Waals surface area contributed by atoms with Gasteiger partial charge in [0, 0.05) is 12.1 Å². The van der Waals surface area contributed by atoms with Crippen LogP contribution in [0.5, 0.6) is 0 Å². The largest absolute Gasteiger partial charge is 0.325 e. The summed E-state index contributed by atoms with van der Waals surface area (Å²) in [6, 6.07) is 7.33. The van der Waals surface area contributed by atoms with Gasteiger partial charge >= 0.3 is 0 Å². The first-order chi connectivity index (χ1) is 12.0. The van der Waals surface area contributed by atoms with Crippen molar-refractivity contribution in [2.45, 2.75) is 58.9 Å². The van der Waals surface area contributed by atoms with Crippen LogP contribution in [0.4, 0.5) is 5.69 Å². The van der Waals surface area contributed by atoms with Crippen molar-refractivity contribution in [3.8, 4) is 12.3 Å². The number of anilines is 1. The summed E-state index contributed by atoms with van der Waals surface area (Å²) in [6.45, 7) is 6.15. The fourth-order valence-corrected chi connectivity index (χ4v) is 2.34. The van der Waals surface area contributed by atoms with Gasteiger partial charge in [0.25, 0.3) is 0 Å². The normalized spacial score (nSPS) is 13.2. The molecule has 0 saturated carbocycles. The van der Waals surface area contributed by atoms with Crippen molar-refractivity contribution >= 4 is 17.2 Å². The fraction of sp³-hybridized carbons (Fsp3) is 0.409. The van der Waals surface area contributed by atoms with E-state index in [4.69, 9.17) is 12.2 Å². The van der Waals surface area contributed by atoms with Crippen LogP contribution in [0, 0.1) is 12.3 Å². The summed E-state index contributed by atoms with van der Waals surface area (Å²) in [5, 5.41) is 2.83. The number of carbonyl (C=O) groups excluding carboxylic acids is 1. The fourth-order valence-electron chi connectivity index (χ4n) is 2.34. The zero-order valence-electron chi connectivity index (χ0n) is 15.6. The van der Waals surface area contributed by atoms with E-state index >= 15 is 0 Å². The number of hydrogen-bond donors (Lipinski definition) is 2. The van der Waals surface area contributed by atoms with Crippen LogP contribution in [0.15, 0.2) is 42.0 Å². The highest BCUT2D eigenvalue weighted by atomic mass is 16.2. The van der Waals surface area contributed by atoms with Gasteiger partial charge in [0.1, 0.15) is 0 Å². The second kappa shape index (κ2) is 11.3. The van der Waals surface area contributed by atoms with Crippen molar-refractivity contribution in [1.29, 1.82) is 0 Å². The van der Waals surface area contributed by atoms with Crippen LogP contribution in [0.1, 0.15) is 58.4 Å². The molecule has 0 aromatic heterocycles. The molecule has 134 valence electrons. The van der Waals surface area contributed by atoms with Crippen molar-refractivity contribution in [2.24, 2.45) is 5.73 Å². The Hall–Kier alpha value is -2.31. The van der Waals surface area contributed by atoms with Gasteiger partial charge < -0.3 is 11.1 Å². The zero-order valence-corrected chi connectivity index (χ0v) is 15.6. The number of carbonyl (C=O) groups is 1. The highest BCUT2D eigenvalue weighted by Crippen LogP contribution is 2.19. The van der Waals surface area contributed by atoms with Gasteiger partial charge in [0.15, 0.2) is 0 Å². The van der Waals surface area contributed by atoms with E-state index in [1.165, 1.54) is 12.0 Å². The smallest absolute Gasteiger partial charge is 0.241 e. The van der Waals surface area contributed by atoms with E-state index < -0.39 is 6.04 Å². The number of rotatable bonds is 9. The van der Waals surface area contributed by atoms with E-state index in [1.54, 1.807) is 0 Å². The Morgan fingerprint density at radius 1 is 1.28 bits per heavy atom. The Balaban J connectivity index is 2.79. The first-order valence-electron chi connectivity index (χ1n) is 8.98. The topological polar surface area (TPSA) is 55.1 Å². The molecule has 3 nitrogen and oxygen atoms in total. The molecule has 0 spiro atoms. The molecule has 1 atom stereocenters. The highest BCUT2D eigenvalue weighted by molar-refractivity contribution is 5.94. The minimum absolute atomic E-state index is 0.153. The molecule has 0 heterocycles. The van der Waals surface area contributed by atoms with Gasteiger partial charge in [0.2, 0.25) is 5.91 Å². The summed E-state index contributed by atoms with van der Waals surface area (Å²) < 4.78 is 0. The van der Waals surface area contributed by atoms with E-state index in [9.17, 15) is 4.79 Å². The van der Waals surface area contributed by atoms with Crippen LogP contribution in [-0.4, -0.2) is 11.9 Å². The molecule has 1 amide bonds. The number of terminal acetylenes is 1. The number of nitrogens with one attached hydrogen (secondary N) is 1. The minimum atomic E-state index is -0.468. The van der Waals surface area contributed by atoms with Crippen LogP contribution >= 0.6 is 0 Å². The lowest BCUT2D eigenvalue weighted by atomic mass is 10.0. The van der Waals surface area contributed by atoms with Gasteiger partial charge in [-0.3, -0.25) is 4.79 Å². The predicted molar refractivity (Wildman–Crippen MR) is 108 cm³/mol. The summed E-state index contributed by atoms with van der Waals surface area (Å²) in [7, 11) is 0.